The number of benzene rings is 2. The average Bonchev–Trinajstić information content (AvgIpc) is 3.28. The minimum Gasteiger partial charge on any atom is -0.489 e. The van der Waals surface area contributed by atoms with Gasteiger partial charge < -0.3 is 10.5 Å². The monoisotopic (exact) mass is 370 g/mol. The predicted octanol–water partition coefficient (Wildman–Crippen LogP) is 3.44. The number of H-pyrrole nitrogens is 1. The zero-order valence-electron chi connectivity index (χ0n) is 15.0. The molecule has 0 saturated carbocycles. The molecule has 0 aliphatic carbocycles. The molecule has 2 aromatic heterocycles. The molecule has 4 N–H and O–H groups in total. The fourth-order valence-corrected chi connectivity index (χ4v) is 2.81. The number of hydrogen-bond acceptors (Lipinski definition) is 6. The Hall–Kier alpha value is -4.00. The first-order valence-corrected chi connectivity index (χ1v) is 8.67. The molecule has 0 aliphatic rings. The molecular formula is C21H18N6O. The smallest absolute Gasteiger partial charge is 0.155 e. The Bertz CT molecular complexity index is 1090. The Balaban J connectivity index is 1.57. The third-order valence-corrected chi connectivity index (χ3v) is 4.26. The topological polar surface area (TPSA) is 114 Å². The van der Waals surface area contributed by atoms with Gasteiger partial charge in [-0.2, -0.15) is 5.10 Å². The normalized spacial score (nSPS) is 10.6. The fraction of sp³-hybridized carbons (Fsp3) is 0.0476. The number of aromatic nitrogens is 4. The van der Waals surface area contributed by atoms with Crippen LogP contribution in [0.15, 0.2) is 73.3 Å². The number of hydrogen-bond donors (Lipinski definition) is 3. The largest absolute Gasteiger partial charge is 0.489 e. The highest BCUT2D eigenvalue weighted by molar-refractivity contribution is 6.14. The van der Waals surface area contributed by atoms with Gasteiger partial charge in [0.2, 0.25) is 0 Å². The van der Waals surface area contributed by atoms with Crippen molar-refractivity contribution in [2.45, 2.75) is 6.61 Å². The number of pyridine rings is 1. The number of ether oxygens (including phenoxy) is 1. The second-order valence-electron chi connectivity index (χ2n) is 6.19. The molecule has 2 heterocycles. The van der Waals surface area contributed by atoms with Gasteiger partial charge in [-0.15, -0.1) is 0 Å². The fourth-order valence-electron chi connectivity index (χ4n) is 2.81. The summed E-state index contributed by atoms with van der Waals surface area (Å²) in [5.74, 6) is 1.30. The lowest BCUT2D eigenvalue weighted by Gasteiger charge is -2.11. The van der Waals surface area contributed by atoms with Gasteiger partial charge in [0.1, 0.15) is 18.7 Å². The molecule has 0 unspecified atom stereocenters. The highest BCUT2D eigenvalue weighted by Crippen LogP contribution is 2.25. The van der Waals surface area contributed by atoms with Gasteiger partial charge in [-0.05, 0) is 36.4 Å². The highest BCUT2D eigenvalue weighted by Gasteiger charge is 2.12. The Morgan fingerprint density at radius 1 is 1.11 bits per heavy atom. The van der Waals surface area contributed by atoms with E-state index in [9.17, 15) is 0 Å². The van der Waals surface area contributed by atoms with Crippen LogP contribution in [0.2, 0.25) is 0 Å². The van der Waals surface area contributed by atoms with Crippen LogP contribution in [0.3, 0.4) is 0 Å². The minimum atomic E-state index is 0.311. The molecule has 0 bridgehead atoms. The van der Waals surface area contributed by atoms with Crippen molar-refractivity contribution >= 4 is 11.4 Å². The summed E-state index contributed by atoms with van der Waals surface area (Å²) >= 11 is 0. The van der Waals surface area contributed by atoms with Gasteiger partial charge in [0.15, 0.2) is 5.82 Å². The Morgan fingerprint density at radius 3 is 2.82 bits per heavy atom. The Kier molecular flexibility index (Phi) is 4.79. The van der Waals surface area contributed by atoms with Gasteiger partial charge >= 0.3 is 0 Å². The molecule has 0 radical (unpaired) electrons. The lowest BCUT2D eigenvalue weighted by molar-refractivity contribution is 0.305. The number of nitrogens with zero attached hydrogens (tertiary/aromatic N) is 3. The zero-order valence-corrected chi connectivity index (χ0v) is 15.0. The maximum Gasteiger partial charge on any atom is 0.155 e. The molecule has 28 heavy (non-hydrogen) atoms. The number of nitrogens with two attached hydrogens (primary N) is 1. The lowest BCUT2D eigenvalue weighted by atomic mass is 9.98. The second-order valence-corrected chi connectivity index (χ2v) is 6.19. The van der Waals surface area contributed by atoms with Crippen LogP contribution in [-0.2, 0) is 6.61 Å². The van der Waals surface area contributed by atoms with E-state index in [1.165, 1.54) is 6.33 Å². The first-order chi connectivity index (χ1) is 13.7. The summed E-state index contributed by atoms with van der Waals surface area (Å²) in [5, 5.41) is 15.3. The van der Waals surface area contributed by atoms with Crippen molar-refractivity contribution in [1.82, 2.24) is 20.2 Å². The third kappa shape index (κ3) is 3.73. The van der Waals surface area contributed by atoms with Crippen LogP contribution >= 0.6 is 0 Å². The van der Waals surface area contributed by atoms with E-state index in [2.05, 4.69) is 20.2 Å². The molecule has 0 atom stereocenters. The summed E-state index contributed by atoms with van der Waals surface area (Å²) in [6.45, 7) is 0.410. The number of nitrogen functional groups attached to an aromatic ring is 1. The van der Waals surface area contributed by atoms with Crippen LogP contribution in [-0.4, -0.2) is 25.9 Å². The molecule has 4 rings (SSSR count). The van der Waals surface area contributed by atoms with Gasteiger partial charge in [0.05, 0.1) is 5.71 Å². The van der Waals surface area contributed by atoms with Crippen molar-refractivity contribution in [3.63, 3.8) is 0 Å². The third-order valence-electron chi connectivity index (χ3n) is 4.26. The van der Waals surface area contributed by atoms with Crippen LogP contribution in [0.1, 0.15) is 16.7 Å². The van der Waals surface area contributed by atoms with Crippen LogP contribution < -0.4 is 10.5 Å². The first-order valence-electron chi connectivity index (χ1n) is 8.67. The molecular weight excluding hydrogens is 352 g/mol. The molecule has 7 nitrogen and oxygen atoms in total. The highest BCUT2D eigenvalue weighted by atomic mass is 16.5. The van der Waals surface area contributed by atoms with Crippen molar-refractivity contribution < 1.29 is 4.74 Å². The van der Waals surface area contributed by atoms with Gasteiger partial charge in [0.25, 0.3) is 0 Å². The number of aromatic amines is 1. The van der Waals surface area contributed by atoms with Gasteiger partial charge in [-0.1, -0.05) is 18.2 Å². The predicted molar refractivity (Wildman–Crippen MR) is 107 cm³/mol. The van der Waals surface area contributed by atoms with Crippen LogP contribution in [0.25, 0.3) is 11.4 Å². The quantitative estimate of drug-likeness (QED) is 0.355. The van der Waals surface area contributed by atoms with E-state index in [1.54, 1.807) is 18.5 Å². The van der Waals surface area contributed by atoms with Gasteiger partial charge in [0, 0.05) is 40.3 Å². The molecule has 0 saturated heterocycles. The average molecular weight is 370 g/mol. The molecule has 7 heteroatoms. The van der Waals surface area contributed by atoms with Crippen LogP contribution in [0.5, 0.6) is 5.75 Å². The molecule has 0 aliphatic heterocycles. The van der Waals surface area contributed by atoms with Crippen LogP contribution in [0, 0.1) is 5.41 Å². The van der Waals surface area contributed by atoms with Crippen LogP contribution in [0.4, 0.5) is 5.69 Å². The molecule has 0 spiro atoms. The van der Waals surface area contributed by atoms with E-state index in [0.29, 0.717) is 40.7 Å². The lowest BCUT2D eigenvalue weighted by Crippen LogP contribution is -2.06. The van der Waals surface area contributed by atoms with Crippen molar-refractivity contribution in [2.24, 2.45) is 0 Å². The number of anilines is 1. The maximum atomic E-state index is 8.63. The summed E-state index contributed by atoms with van der Waals surface area (Å²) < 4.78 is 5.84. The van der Waals surface area contributed by atoms with Gasteiger partial charge in [-0.3, -0.25) is 15.5 Å². The van der Waals surface area contributed by atoms with E-state index in [4.69, 9.17) is 15.9 Å². The van der Waals surface area contributed by atoms with E-state index in [1.807, 2.05) is 48.5 Å². The molecule has 138 valence electrons. The SMILES string of the molecule is N=C(c1cccc(OCc2cccnc2)c1)c1cc(-c2ncn[nH]2)ccc1N. The van der Waals surface area contributed by atoms with E-state index in [-0.39, 0.29) is 0 Å². The summed E-state index contributed by atoms with van der Waals surface area (Å²) in [6.07, 6.45) is 4.93. The number of rotatable bonds is 6. The van der Waals surface area contributed by atoms with E-state index in [0.717, 1.165) is 11.1 Å². The van der Waals surface area contributed by atoms with Crippen molar-refractivity contribution in [3.05, 3.63) is 90.0 Å². The summed E-state index contributed by atoms with van der Waals surface area (Å²) in [6, 6.07) is 16.7. The van der Waals surface area contributed by atoms with Crippen molar-refractivity contribution in [3.8, 4) is 17.1 Å². The molecule has 4 aromatic rings. The standard InChI is InChI=1S/C21H18N6O/c22-19-7-6-16(21-25-13-26-27-21)10-18(19)20(23)15-4-1-5-17(9-15)28-12-14-3-2-8-24-11-14/h1-11,13,23H,12,22H2,(H,25,26,27). The zero-order chi connectivity index (χ0) is 19.3. The maximum absolute atomic E-state index is 8.63. The number of nitrogens with one attached hydrogen (secondary N) is 2. The van der Waals surface area contributed by atoms with E-state index >= 15 is 0 Å². The molecule has 2 aromatic carbocycles. The van der Waals surface area contributed by atoms with Crippen molar-refractivity contribution in [2.75, 3.05) is 5.73 Å². The summed E-state index contributed by atoms with van der Waals surface area (Å²) in [4.78, 5) is 8.23. The summed E-state index contributed by atoms with van der Waals surface area (Å²) in [5.41, 5.74) is 10.1. The molecule has 0 amide bonds. The van der Waals surface area contributed by atoms with E-state index < -0.39 is 0 Å². The Labute approximate surface area is 161 Å². The minimum absolute atomic E-state index is 0.311. The first kappa shape index (κ1) is 17.4. The second kappa shape index (κ2) is 7.71. The van der Waals surface area contributed by atoms with Crippen molar-refractivity contribution in [1.29, 1.82) is 5.41 Å². The Morgan fingerprint density at radius 2 is 2.04 bits per heavy atom. The summed E-state index contributed by atoms with van der Waals surface area (Å²) in [7, 11) is 0. The molecule has 0 fully saturated rings. The van der Waals surface area contributed by atoms with Gasteiger partial charge in [-0.25, -0.2) is 4.98 Å².